The summed E-state index contributed by atoms with van der Waals surface area (Å²) in [5.41, 5.74) is 1.29. The van der Waals surface area contributed by atoms with Gasteiger partial charge >= 0.3 is 0 Å². The minimum Gasteiger partial charge on any atom is -0.376 e. The molecule has 15 heavy (non-hydrogen) atoms. The first kappa shape index (κ1) is 10.7. The van der Waals surface area contributed by atoms with Crippen LogP contribution in [0.5, 0.6) is 0 Å². The first-order chi connectivity index (χ1) is 7.05. The maximum absolute atomic E-state index is 5.60. The normalized spacial score (nSPS) is 22.2. The lowest BCUT2D eigenvalue weighted by Crippen LogP contribution is -2.14. The molecule has 1 fully saturated rings. The van der Waals surface area contributed by atoms with Gasteiger partial charge in [0.25, 0.3) is 0 Å². The topological polar surface area (TPSA) is 27.1 Å². The lowest BCUT2D eigenvalue weighted by molar-refractivity contribution is 0.0969. The highest BCUT2D eigenvalue weighted by molar-refractivity contribution is 5.09. The molecular formula is C12H20N2O. The largest absolute Gasteiger partial charge is 0.376 e. The van der Waals surface area contributed by atoms with E-state index in [4.69, 9.17) is 4.74 Å². The number of hydrogen-bond donors (Lipinski definition) is 0. The lowest BCUT2D eigenvalue weighted by atomic mass is 9.93. The number of ether oxygens (including phenoxy) is 1. The van der Waals surface area contributed by atoms with Gasteiger partial charge in [-0.2, -0.15) is 0 Å². The summed E-state index contributed by atoms with van der Waals surface area (Å²) in [6, 6.07) is 0. The molecule has 1 unspecified atom stereocenters. The highest BCUT2D eigenvalue weighted by Crippen LogP contribution is 2.20. The molecule has 1 aliphatic heterocycles. The Morgan fingerprint density at radius 3 is 2.87 bits per heavy atom. The second-order valence-corrected chi connectivity index (χ2v) is 5.34. The van der Waals surface area contributed by atoms with Crippen molar-refractivity contribution in [2.75, 3.05) is 6.61 Å². The summed E-state index contributed by atoms with van der Waals surface area (Å²) in [6.45, 7) is 8.43. The van der Waals surface area contributed by atoms with Gasteiger partial charge in [-0.15, -0.1) is 0 Å². The molecule has 0 radical (unpaired) electrons. The van der Waals surface area contributed by atoms with Gasteiger partial charge in [0.05, 0.1) is 18.1 Å². The highest BCUT2D eigenvalue weighted by atomic mass is 16.5. The molecule has 3 nitrogen and oxygen atoms in total. The molecule has 0 aromatic carbocycles. The second-order valence-electron chi connectivity index (χ2n) is 5.34. The zero-order valence-corrected chi connectivity index (χ0v) is 9.86. The average molecular weight is 208 g/mol. The molecule has 2 rings (SSSR count). The molecule has 1 aliphatic rings. The maximum atomic E-state index is 5.60. The smallest absolute Gasteiger partial charge is 0.0950 e. The van der Waals surface area contributed by atoms with Gasteiger partial charge in [0, 0.05) is 24.8 Å². The van der Waals surface area contributed by atoms with Crippen LogP contribution in [-0.2, 0) is 16.7 Å². The zero-order valence-electron chi connectivity index (χ0n) is 9.86. The van der Waals surface area contributed by atoms with Crippen LogP contribution >= 0.6 is 0 Å². The first-order valence-corrected chi connectivity index (χ1v) is 5.69. The van der Waals surface area contributed by atoms with Crippen LogP contribution in [0.3, 0.4) is 0 Å². The van der Waals surface area contributed by atoms with Crippen LogP contribution < -0.4 is 0 Å². The molecule has 0 bridgehead atoms. The molecule has 2 heterocycles. The Bertz CT molecular complexity index is 319. The van der Waals surface area contributed by atoms with E-state index in [-0.39, 0.29) is 5.41 Å². The first-order valence-electron chi connectivity index (χ1n) is 5.69. The molecule has 84 valence electrons. The van der Waals surface area contributed by atoms with E-state index in [0.29, 0.717) is 6.10 Å². The fraction of sp³-hybridized carbons (Fsp3) is 0.750. The zero-order chi connectivity index (χ0) is 10.9. The molecular weight excluding hydrogens is 188 g/mol. The van der Waals surface area contributed by atoms with Gasteiger partial charge in [-0.1, -0.05) is 20.8 Å². The fourth-order valence-electron chi connectivity index (χ4n) is 1.87. The Morgan fingerprint density at radius 2 is 2.33 bits per heavy atom. The van der Waals surface area contributed by atoms with Crippen molar-refractivity contribution in [3.63, 3.8) is 0 Å². The number of hydrogen-bond acceptors (Lipinski definition) is 2. The van der Waals surface area contributed by atoms with Crippen LogP contribution in [0.1, 0.15) is 39.3 Å². The van der Waals surface area contributed by atoms with Crippen LogP contribution in [-0.4, -0.2) is 22.3 Å². The average Bonchev–Trinajstić information content (AvgIpc) is 2.73. The van der Waals surface area contributed by atoms with Crippen molar-refractivity contribution in [3.05, 3.63) is 18.2 Å². The van der Waals surface area contributed by atoms with E-state index in [9.17, 15) is 0 Å². The minimum absolute atomic E-state index is 0.141. The molecule has 1 saturated heterocycles. The molecule has 3 heteroatoms. The molecule has 1 aromatic rings. The van der Waals surface area contributed by atoms with Crippen molar-refractivity contribution in [3.8, 4) is 0 Å². The predicted octanol–water partition coefficient (Wildman–Crippen LogP) is 2.36. The summed E-state index contributed by atoms with van der Waals surface area (Å²) in [5.74, 6) is 0. The summed E-state index contributed by atoms with van der Waals surface area (Å²) >= 11 is 0. The Hall–Kier alpha value is -0.830. The summed E-state index contributed by atoms with van der Waals surface area (Å²) in [5, 5.41) is 0. The van der Waals surface area contributed by atoms with Crippen molar-refractivity contribution in [2.45, 2.75) is 51.7 Å². The van der Waals surface area contributed by atoms with E-state index in [2.05, 4.69) is 36.5 Å². The van der Waals surface area contributed by atoms with Gasteiger partial charge in [-0.3, -0.25) is 0 Å². The van der Waals surface area contributed by atoms with Gasteiger partial charge < -0.3 is 9.30 Å². The quantitative estimate of drug-likeness (QED) is 0.746. The van der Waals surface area contributed by atoms with E-state index < -0.39 is 0 Å². The molecule has 0 spiro atoms. The van der Waals surface area contributed by atoms with Gasteiger partial charge in [0.2, 0.25) is 0 Å². The van der Waals surface area contributed by atoms with E-state index in [0.717, 1.165) is 18.8 Å². The van der Waals surface area contributed by atoms with Crippen molar-refractivity contribution in [1.29, 1.82) is 0 Å². The van der Waals surface area contributed by atoms with Gasteiger partial charge in [-0.05, 0) is 12.8 Å². The summed E-state index contributed by atoms with van der Waals surface area (Å²) < 4.78 is 7.75. The maximum Gasteiger partial charge on any atom is 0.0950 e. The summed E-state index contributed by atoms with van der Waals surface area (Å²) in [4.78, 5) is 4.44. The Balaban J connectivity index is 2.00. The van der Waals surface area contributed by atoms with E-state index in [1.165, 1.54) is 12.8 Å². The number of rotatable bonds is 2. The number of imidazole rings is 1. The number of nitrogens with zero attached hydrogens (tertiary/aromatic N) is 2. The second kappa shape index (κ2) is 3.97. The van der Waals surface area contributed by atoms with Crippen molar-refractivity contribution in [1.82, 2.24) is 9.55 Å². The van der Waals surface area contributed by atoms with Crippen LogP contribution in [0.15, 0.2) is 12.5 Å². The van der Waals surface area contributed by atoms with E-state index >= 15 is 0 Å². The predicted molar refractivity (Wildman–Crippen MR) is 59.9 cm³/mol. The molecule has 0 N–H and O–H groups in total. The Kier molecular flexibility index (Phi) is 2.83. The minimum atomic E-state index is 0.141. The van der Waals surface area contributed by atoms with Gasteiger partial charge in [0.1, 0.15) is 0 Å². The van der Waals surface area contributed by atoms with Crippen molar-refractivity contribution in [2.24, 2.45) is 0 Å². The Labute approximate surface area is 91.5 Å². The van der Waals surface area contributed by atoms with Crippen LogP contribution in [0, 0.1) is 0 Å². The van der Waals surface area contributed by atoms with Crippen LogP contribution in [0.4, 0.5) is 0 Å². The van der Waals surface area contributed by atoms with Crippen molar-refractivity contribution < 1.29 is 4.74 Å². The SMILES string of the molecule is CC(C)(C)c1cn(CC2CCCO2)cn1. The third kappa shape index (κ3) is 2.59. The van der Waals surface area contributed by atoms with Crippen molar-refractivity contribution >= 4 is 0 Å². The van der Waals surface area contributed by atoms with Crippen LogP contribution in [0.2, 0.25) is 0 Å². The molecule has 0 amide bonds. The third-order valence-corrected chi connectivity index (χ3v) is 2.84. The van der Waals surface area contributed by atoms with Gasteiger partial charge in [0.15, 0.2) is 0 Å². The van der Waals surface area contributed by atoms with E-state index in [1.807, 2.05) is 6.33 Å². The fourth-order valence-corrected chi connectivity index (χ4v) is 1.87. The van der Waals surface area contributed by atoms with Crippen LogP contribution in [0.25, 0.3) is 0 Å². The molecule has 0 aliphatic carbocycles. The molecule has 1 atom stereocenters. The number of aromatic nitrogens is 2. The van der Waals surface area contributed by atoms with E-state index in [1.54, 1.807) is 0 Å². The summed E-state index contributed by atoms with van der Waals surface area (Å²) in [6.07, 6.45) is 6.84. The standard InChI is InChI=1S/C12H20N2O/c1-12(2,3)11-8-14(9-13-11)7-10-5-4-6-15-10/h8-10H,4-7H2,1-3H3. The third-order valence-electron chi connectivity index (χ3n) is 2.84. The molecule has 1 aromatic heterocycles. The summed E-state index contributed by atoms with van der Waals surface area (Å²) in [7, 11) is 0. The van der Waals surface area contributed by atoms with Gasteiger partial charge in [-0.25, -0.2) is 4.98 Å². The molecule has 0 saturated carbocycles. The monoisotopic (exact) mass is 208 g/mol. The Morgan fingerprint density at radius 1 is 1.53 bits per heavy atom. The highest BCUT2D eigenvalue weighted by Gasteiger charge is 2.19. The lowest BCUT2D eigenvalue weighted by Gasteiger charge is -2.14.